The second-order valence-electron chi connectivity index (χ2n) is 5.79. The molecule has 0 bridgehead atoms. The molecule has 8 nitrogen and oxygen atoms in total. The fourth-order valence-electron chi connectivity index (χ4n) is 2.41. The number of hydrogen-bond acceptors (Lipinski definition) is 5. The fraction of sp³-hybridized carbons (Fsp3) is 0.375. The Morgan fingerprint density at radius 2 is 2.08 bits per heavy atom. The summed E-state index contributed by atoms with van der Waals surface area (Å²) in [6, 6.07) is 7.70. The Morgan fingerprint density at radius 1 is 1.38 bits per heavy atom. The summed E-state index contributed by atoms with van der Waals surface area (Å²) in [5, 5.41) is 27.2. The summed E-state index contributed by atoms with van der Waals surface area (Å²) in [6.07, 6.45) is 1.68. The average molecular weight is 332 g/mol. The zero-order valence-corrected chi connectivity index (χ0v) is 13.5. The number of nitrogens with one attached hydrogen (secondary N) is 1. The highest BCUT2D eigenvalue weighted by Gasteiger charge is 2.17. The van der Waals surface area contributed by atoms with E-state index in [-0.39, 0.29) is 23.2 Å². The molecule has 2 atom stereocenters. The largest absolute Gasteiger partial charge is 0.393 e. The lowest BCUT2D eigenvalue weighted by Gasteiger charge is -2.13. The van der Waals surface area contributed by atoms with Crippen molar-refractivity contribution in [1.29, 1.82) is 0 Å². The van der Waals surface area contributed by atoms with Gasteiger partial charge in [-0.25, -0.2) is 4.68 Å². The van der Waals surface area contributed by atoms with Gasteiger partial charge in [-0.1, -0.05) is 19.1 Å². The molecule has 2 unspecified atom stereocenters. The van der Waals surface area contributed by atoms with Gasteiger partial charge in [-0.2, -0.15) is 5.10 Å². The minimum absolute atomic E-state index is 0.0851. The minimum atomic E-state index is -0.492. The Hall–Kier alpha value is -2.74. The molecular weight excluding hydrogens is 312 g/mol. The zero-order valence-electron chi connectivity index (χ0n) is 13.5. The Morgan fingerprint density at radius 3 is 2.75 bits per heavy atom. The van der Waals surface area contributed by atoms with Crippen LogP contribution in [0.4, 0.5) is 5.69 Å². The summed E-state index contributed by atoms with van der Waals surface area (Å²) < 4.78 is 1.31. The minimum Gasteiger partial charge on any atom is -0.393 e. The smallest absolute Gasteiger partial charge is 0.294 e. The van der Waals surface area contributed by atoms with E-state index in [0.717, 1.165) is 0 Å². The maximum absolute atomic E-state index is 12.1. The van der Waals surface area contributed by atoms with Crippen molar-refractivity contribution in [2.45, 2.75) is 26.4 Å². The van der Waals surface area contributed by atoms with Gasteiger partial charge >= 0.3 is 0 Å². The molecule has 0 aliphatic heterocycles. The number of aliphatic hydroxyl groups excluding tert-OH is 1. The van der Waals surface area contributed by atoms with Gasteiger partial charge in [0.1, 0.15) is 5.69 Å². The standard InChI is InChI=1S/C16H20N4O4/c1-11(9-12(2)21)10-17-16(22)13-7-8-19(18-13)14-5-3-4-6-15(14)20(23)24/h3-8,11-12,21H,9-10H2,1-2H3,(H,17,22). The first-order valence-corrected chi connectivity index (χ1v) is 7.64. The Balaban J connectivity index is 2.08. The third kappa shape index (κ3) is 4.39. The van der Waals surface area contributed by atoms with E-state index in [1.807, 2.05) is 6.92 Å². The zero-order chi connectivity index (χ0) is 17.7. The van der Waals surface area contributed by atoms with Crippen molar-refractivity contribution in [2.75, 3.05) is 6.54 Å². The van der Waals surface area contributed by atoms with Crippen LogP contribution in [0.2, 0.25) is 0 Å². The van der Waals surface area contributed by atoms with Crippen molar-refractivity contribution in [1.82, 2.24) is 15.1 Å². The molecule has 0 aliphatic rings. The van der Waals surface area contributed by atoms with Gasteiger partial charge in [0.25, 0.3) is 11.6 Å². The van der Waals surface area contributed by atoms with E-state index >= 15 is 0 Å². The number of nitro benzene ring substituents is 1. The van der Waals surface area contributed by atoms with E-state index in [1.165, 1.54) is 23.0 Å². The van der Waals surface area contributed by atoms with Gasteiger partial charge in [-0.15, -0.1) is 0 Å². The van der Waals surface area contributed by atoms with Gasteiger partial charge in [-0.3, -0.25) is 14.9 Å². The third-order valence-electron chi connectivity index (χ3n) is 3.50. The lowest BCUT2D eigenvalue weighted by molar-refractivity contribution is -0.384. The second-order valence-corrected chi connectivity index (χ2v) is 5.79. The molecule has 0 saturated heterocycles. The Kier molecular flexibility index (Phi) is 5.64. The molecular formula is C16H20N4O4. The molecule has 0 fully saturated rings. The highest BCUT2D eigenvalue weighted by molar-refractivity contribution is 5.92. The molecule has 8 heteroatoms. The van der Waals surface area contributed by atoms with Crippen LogP contribution in [0, 0.1) is 16.0 Å². The summed E-state index contributed by atoms with van der Waals surface area (Å²) >= 11 is 0. The predicted molar refractivity (Wildman–Crippen MR) is 88.0 cm³/mol. The summed E-state index contributed by atoms with van der Waals surface area (Å²) in [5.41, 5.74) is 0.388. The first-order chi connectivity index (χ1) is 11.4. The summed E-state index contributed by atoms with van der Waals surface area (Å²) in [6.45, 7) is 4.05. The summed E-state index contributed by atoms with van der Waals surface area (Å²) in [5.74, 6) is -0.226. The summed E-state index contributed by atoms with van der Waals surface area (Å²) in [7, 11) is 0. The number of nitro groups is 1. The fourth-order valence-corrected chi connectivity index (χ4v) is 2.41. The van der Waals surface area contributed by atoms with Crippen molar-refractivity contribution >= 4 is 11.6 Å². The van der Waals surface area contributed by atoms with Crippen LogP contribution >= 0.6 is 0 Å². The van der Waals surface area contributed by atoms with Crippen LogP contribution < -0.4 is 5.32 Å². The lowest BCUT2D eigenvalue weighted by Crippen LogP contribution is -2.29. The van der Waals surface area contributed by atoms with Crippen LogP contribution in [0.3, 0.4) is 0 Å². The first kappa shape index (κ1) is 17.6. The molecule has 24 heavy (non-hydrogen) atoms. The Bertz CT molecular complexity index is 726. The average Bonchev–Trinajstić information content (AvgIpc) is 3.01. The number of aliphatic hydroxyl groups is 1. The van der Waals surface area contributed by atoms with Gasteiger partial charge in [-0.05, 0) is 31.4 Å². The number of hydrogen-bond donors (Lipinski definition) is 2. The quantitative estimate of drug-likeness (QED) is 0.594. The number of amides is 1. The van der Waals surface area contributed by atoms with E-state index in [0.29, 0.717) is 18.7 Å². The van der Waals surface area contributed by atoms with Gasteiger partial charge in [0.15, 0.2) is 5.69 Å². The normalized spacial score (nSPS) is 13.3. The van der Waals surface area contributed by atoms with E-state index in [1.54, 1.807) is 25.1 Å². The van der Waals surface area contributed by atoms with Gasteiger partial charge < -0.3 is 10.4 Å². The van der Waals surface area contributed by atoms with Crippen molar-refractivity contribution in [3.63, 3.8) is 0 Å². The van der Waals surface area contributed by atoms with E-state index in [2.05, 4.69) is 10.4 Å². The van der Waals surface area contributed by atoms with Crippen molar-refractivity contribution in [3.05, 3.63) is 52.3 Å². The first-order valence-electron chi connectivity index (χ1n) is 7.64. The van der Waals surface area contributed by atoms with E-state index < -0.39 is 11.0 Å². The molecule has 0 aliphatic carbocycles. The highest BCUT2D eigenvalue weighted by atomic mass is 16.6. The molecule has 128 valence electrons. The van der Waals surface area contributed by atoms with Crippen LogP contribution in [0.25, 0.3) is 5.69 Å². The molecule has 1 aromatic heterocycles. The number of benzene rings is 1. The molecule has 1 amide bonds. The van der Waals surface area contributed by atoms with Gasteiger partial charge in [0, 0.05) is 18.8 Å². The molecule has 2 N–H and O–H groups in total. The second kappa shape index (κ2) is 7.69. The lowest BCUT2D eigenvalue weighted by atomic mass is 10.0. The Labute approximate surface area is 139 Å². The highest BCUT2D eigenvalue weighted by Crippen LogP contribution is 2.21. The van der Waals surface area contributed by atoms with Crippen molar-refractivity contribution < 1.29 is 14.8 Å². The molecule has 2 rings (SSSR count). The number of carbonyl (C=O) groups excluding carboxylic acids is 1. The third-order valence-corrected chi connectivity index (χ3v) is 3.50. The molecule has 0 saturated carbocycles. The SMILES string of the molecule is CC(O)CC(C)CNC(=O)c1ccn(-c2ccccc2[N+](=O)[O-])n1. The number of aromatic nitrogens is 2. The number of nitrogens with zero attached hydrogens (tertiary/aromatic N) is 3. The van der Waals surface area contributed by atoms with Crippen molar-refractivity contribution in [3.8, 4) is 5.69 Å². The molecule has 1 aromatic carbocycles. The maximum Gasteiger partial charge on any atom is 0.294 e. The van der Waals surface area contributed by atoms with Gasteiger partial charge in [0.2, 0.25) is 0 Å². The molecule has 1 heterocycles. The number of carbonyl (C=O) groups is 1. The van der Waals surface area contributed by atoms with Gasteiger partial charge in [0.05, 0.1) is 11.0 Å². The van der Waals surface area contributed by atoms with Crippen molar-refractivity contribution in [2.24, 2.45) is 5.92 Å². The topological polar surface area (TPSA) is 110 Å². The van der Waals surface area contributed by atoms with Crippen LogP contribution in [-0.2, 0) is 0 Å². The van der Waals surface area contributed by atoms with E-state index in [9.17, 15) is 20.0 Å². The molecule has 2 aromatic rings. The monoisotopic (exact) mass is 332 g/mol. The number of para-hydroxylation sites is 2. The van der Waals surface area contributed by atoms with Crippen LogP contribution in [0.15, 0.2) is 36.5 Å². The maximum atomic E-state index is 12.1. The molecule has 0 spiro atoms. The predicted octanol–water partition coefficient (Wildman–Crippen LogP) is 1.92. The van der Waals surface area contributed by atoms with Crippen LogP contribution in [-0.4, -0.2) is 38.4 Å². The number of rotatable bonds is 7. The van der Waals surface area contributed by atoms with Crippen LogP contribution in [0.1, 0.15) is 30.8 Å². The molecule has 0 radical (unpaired) electrons. The van der Waals surface area contributed by atoms with Crippen LogP contribution in [0.5, 0.6) is 0 Å². The van der Waals surface area contributed by atoms with E-state index in [4.69, 9.17) is 0 Å². The summed E-state index contributed by atoms with van der Waals surface area (Å²) in [4.78, 5) is 22.7.